The smallest absolute Gasteiger partial charge is 0.331 e. The largest absolute Gasteiger partial charge is 0.494 e. The minimum Gasteiger partial charge on any atom is -0.494 e. The Morgan fingerprint density at radius 2 is 2.09 bits per heavy atom. The zero-order valence-corrected chi connectivity index (χ0v) is 11.6. The van der Waals surface area contributed by atoms with E-state index in [0.717, 1.165) is 15.8 Å². The average molecular weight is 295 g/mol. The molecule has 1 aromatic heterocycles. The topological polar surface area (TPSA) is 87.4 Å². The van der Waals surface area contributed by atoms with E-state index in [2.05, 4.69) is 16.6 Å². The Labute approximate surface area is 125 Å². The molecule has 0 fully saturated rings. The van der Waals surface area contributed by atoms with Gasteiger partial charge in [-0.3, -0.25) is 19.3 Å². The summed E-state index contributed by atoms with van der Waals surface area (Å²) < 4.78 is 1.04. The first-order chi connectivity index (χ1) is 10.6. The number of H-pyrrole nitrogens is 1. The summed E-state index contributed by atoms with van der Waals surface area (Å²) in [4.78, 5) is 30.1. The Bertz CT molecular complexity index is 932. The van der Waals surface area contributed by atoms with Crippen molar-refractivity contribution in [3.8, 4) is 5.88 Å². The molecule has 110 valence electrons. The highest BCUT2D eigenvalue weighted by Gasteiger charge is 2.16. The second-order valence-corrected chi connectivity index (χ2v) is 4.77. The van der Waals surface area contributed by atoms with Gasteiger partial charge in [-0.1, -0.05) is 24.3 Å². The van der Waals surface area contributed by atoms with Crippen molar-refractivity contribution in [2.24, 2.45) is 4.99 Å². The zero-order chi connectivity index (χ0) is 15.7. The maximum atomic E-state index is 12.0. The number of aliphatic imine (C=N–C) groups is 1. The van der Waals surface area contributed by atoms with Crippen molar-refractivity contribution >= 4 is 23.6 Å². The van der Waals surface area contributed by atoms with E-state index in [4.69, 9.17) is 0 Å². The molecule has 0 amide bonds. The summed E-state index contributed by atoms with van der Waals surface area (Å²) in [6, 6.07) is 7.46. The maximum Gasteiger partial charge on any atom is 0.331 e. The number of hydrogen-bond acceptors (Lipinski definition) is 4. The molecule has 0 radical (unpaired) electrons. The minimum absolute atomic E-state index is 0.0135. The van der Waals surface area contributed by atoms with Crippen LogP contribution in [0.5, 0.6) is 5.88 Å². The molecule has 0 saturated carbocycles. The molecule has 0 saturated heterocycles. The normalized spacial score (nSPS) is 14.3. The van der Waals surface area contributed by atoms with Gasteiger partial charge in [0.05, 0.1) is 5.69 Å². The van der Waals surface area contributed by atoms with Crippen molar-refractivity contribution in [3.05, 3.63) is 68.9 Å². The van der Waals surface area contributed by atoms with Crippen molar-refractivity contribution in [3.63, 3.8) is 0 Å². The van der Waals surface area contributed by atoms with Crippen LogP contribution in [0.25, 0.3) is 11.6 Å². The summed E-state index contributed by atoms with van der Waals surface area (Å²) in [6.07, 6.45) is 4.59. The van der Waals surface area contributed by atoms with Gasteiger partial charge in [0.25, 0.3) is 5.56 Å². The van der Waals surface area contributed by atoms with Crippen LogP contribution in [-0.4, -0.2) is 20.9 Å². The fraction of sp³-hybridized carbons (Fsp3) is 0.0625. The number of nitrogens with one attached hydrogen (secondary N) is 1. The third-order valence-electron chi connectivity index (χ3n) is 3.38. The lowest BCUT2D eigenvalue weighted by molar-refractivity contribution is 0.409. The van der Waals surface area contributed by atoms with Crippen LogP contribution >= 0.6 is 0 Å². The second-order valence-electron chi connectivity index (χ2n) is 4.77. The van der Waals surface area contributed by atoms with E-state index in [0.29, 0.717) is 5.57 Å². The first kappa shape index (κ1) is 13.8. The number of rotatable bonds is 3. The molecule has 6 heteroatoms. The number of para-hydroxylation sites is 1. The highest BCUT2D eigenvalue weighted by atomic mass is 16.3. The molecule has 1 aliphatic rings. The van der Waals surface area contributed by atoms with Gasteiger partial charge >= 0.3 is 5.69 Å². The summed E-state index contributed by atoms with van der Waals surface area (Å²) in [7, 11) is 0. The SMILES string of the molecule is C=CCn1c(O)c(/C=C2\C=Nc3ccccc32)c(=O)[nH]c1=O. The third-order valence-corrected chi connectivity index (χ3v) is 3.38. The molecule has 0 atom stereocenters. The van der Waals surface area contributed by atoms with Gasteiger partial charge in [-0.15, -0.1) is 6.58 Å². The lowest BCUT2D eigenvalue weighted by Gasteiger charge is -2.07. The monoisotopic (exact) mass is 295 g/mol. The molecule has 0 aliphatic carbocycles. The molecule has 6 nitrogen and oxygen atoms in total. The summed E-state index contributed by atoms with van der Waals surface area (Å²) in [5, 5.41) is 10.2. The fourth-order valence-corrected chi connectivity index (χ4v) is 2.31. The Morgan fingerprint density at radius 3 is 2.86 bits per heavy atom. The van der Waals surface area contributed by atoms with Crippen LogP contribution in [0, 0.1) is 0 Å². The molecule has 0 spiro atoms. The van der Waals surface area contributed by atoms with E-state index in [1.807, 2.05) is 24.3 Å². The molecule has 0 unspecified atom stereocenters. The van der Waals surface area contributed by atoms with Gasteiger partial charge in [0.1, 0.15) is 5.56 Å². The molecule has 2 heterocycles. The van der Waals surface area contributed by atoms with Crippen LogP contribution < -0.4 is 11.2 Å². The highest BCUT2D eigenvalue weighted by Crippen LogP contribution is 2.32. The van der Waals surface area contributed by atoms with E-state index in [1.54, 1.807) is 6.21 Å². The number of nitrogens with zero attached hydrogens (tertiary/aromatic N) is 2. The van der Waals surface area contributed by atoms with Crippen LogP contribution in [-0.2, 0) is 6.54 Å². The number of aromatic hydroxyl groups is 1. The van der Waals surface area contributed by atoms with Crippen LogP contribution in [0.2, 0.25) is 0 Å². The summed E-state index contributed by atoms with van der Waals surface area (Å²) in [5.41, 5.74) is 1.05. The molecule has 2 N–H and O–H groups in total. The van der Waals surface area contributed by atoms with Crippen LogP contribution in [0.4, 0.5) is 5.69 Å². The van der Waals surface area contributed by atoms with Crippen molar-refractivity contribution < 1.29 is 5.11 Å². The van der Waals surface area contributed by atoms with Gasteiger partial charge < -0.3 is 5.11 Å². The Hall–Kier alpha value is -3.15. The molecule has 3 rings (SSSR count). The van der Waals surface area contributed by atoms with Crippen molar-refractivity contribution in [2.45, 2.75) is 6.54 Å². The quantitative estimate of drug-likeness (QED) is 0.845. The van der Waals surface area contributed by atoms with E-state index < -0.39 is 11.2 Å². The number of aromatic nitrogens is 2. The zero-order valence-electron chi connectivity index (χ0n) is 11.6. The first-order valence-corrected chi connectivity index (χ1v) is 6.64. The molecule has 0 bridgehead atoms. The van der Waals surface area contributed by atoms with Crippen molar-refractivity contribution in [2.75, 3.05) is 0 Å². The molecule has 22 heavy (non-hydrogen) atoms. The van der Waals surface area contributed by atoms with Crippen molar-refractivity contribution in [1.82, 2.24) is 9.55 Å². The summed E-state index contributed by atoms with van der Waals surface area (Å²) in [5.74, 6) is -0.390. The molecule has 1 aliphatic heterocycles. The maximum absolute atomic E-state index is 12.0. The standard InChI is InChI=1S/C16H13N3O3/c1-2-7-19-15(21)12(14(20)18-16(19)22)8-10-9-17-13-6-4-3-5-11(10)13/h2-6,8-9,21H,1,7H2,(H,18,20,22)/b10-8+. The van der Waals surface area contributed by atoms with E-state index in [9.17, 15) is 14.7 Å². The molecular weight excluding hydrogens is 282 g/mol. The molecular formula is C16H13N3O3. The van der Waals surface area contributed by atoms with E-state index >= 15 is 0 Å². The average Bonchev–Trinajstić information content (AvgIpc) is 2.91. The van der Waals surface area contributed by atoms with E-state index in [-0.39, 0.29) is 18.0 Å². The second kappa shape index (κ2) is 5.33. The lowest BCUT2D eigenvalue weighted by atomic mass is 10.1. The van der Waals surface area contributed by atoms with E-state index in [1.165, 1.54) is 12.2 Å². The van der Waals surface area contributed by atoms with Gasteiger partial charge in [-0.05, 0) is 12.1 Å². The number of aromatic amines is 1. The Balaban J connectivity index is 2.19. The predicted molar refractivity (Wildman–Crippen MR) is 85.6 cm³/mol. The van der Waals surface area contributed by atoms with Crippen LogP contribution in [0.1, 0.15) is 11.1 Å². The third kappa shape index (κ3) is 2.20. The number of hydrogen-bond donors (Lipinski definition) is 2. The predicted octanol–water partition coefficient (Wildman–Crippen LogP) is 1.68. The van der Waals surface area contributed by atoms with Crippen LogP contribution in [0.3, 0.4) is 0 Å². The summed E-state index contributed by atoms with van der Waals surface area (Å²) in [6.45, 7) is 3.62. The first-order valence-electron chi connectivity index (χ1n) is 6.64. The van der Waals surface area contributed by atoms with Crippen molar-refractivity contribution in [1.29, 1.82) is 0 Å². The molecule has 2 aromatic rings. The van der Waals surface area contributed by atoms with Gasteiger partial charge in [0, 0.05) is 23.9 Å². The van der Waals surface area contributed by atoms with Gasteiger partial charge in [-0.2, -0.15) is 0 Å². The fourth-order valence-electron chi connectivity index (χ4n) is 2.31. The highest BCUT2D eigenvalue weighted by molar-refractivity contribution is 6.21. The minimum atomic E-state index is -0.676. The number of fused-ring (bicyclic) bond motifs is 1. The molecule has 1 aromatic carbocycles. The van der Waals surface area contributed by atoms with Crippen LogP contribution in [0.15, 0.2) is 51.5 Å². The Kier molecular flexibility index (Phi) is 3.34. The number of benzene rings is 1. The van der Waals surface area contributed by atoms with Gasteiger partial charge in [0.15, 0.2) is 0 Å². The van der Waals surface area contributed by atoms with Gasteiger partial charge in [0.2, 0.25) is 5.88 Å². The Morgan fingerprint density at radius 1 is 1.32 bits per heavy atom. The van der Waals surface area contributed by atoms with Gasteiger partial charge in [-0.25, -0.2) is 4.79 Å². The lowest BCUT2D eigenvalue weighted by Crippen LogP contribution is -2.31. The number of allylic oxidation sites excluding steroid dienone is 2. The summed E-state index contributed by atoms with van der Waals surface area (Å²) >= 11 is 0.